The summed E-state index contributed by atoms with van der Waals surface area (Å²) in [6.45, 7) is 17.2. The molecule has 0 aliphatic carbocycles. The molecule has 0 radical (unpaired) electrons. The number of rotatable bonds is 7. The molecule has 1 nitrogen and oxygen atoms in total. The van der Waals surface area contributed by atoms with Gasteiger partial charge in [-0.3, -0.25) is 0 Å². The van der Waals surface area contributed by atoms with Gasteiger partial charge in [-0.2, -0.15) is 0 Å². The first-order valence-corrected chi connectivity index (χ1v) is 9.34. The number of allylic oxidation sites excluding steroid dienone is 1. The third kappa shape index (κ3) is 3.98. The molecule has 0 amide bonds. The smallest absolute Gasteiger partial charge is 0.104 e. The van der Waals surface area contributed by atoms with Crippen molar-refractivity contribution in [2.24, 2.45) is 0 Å². The van der Waals surface area contributed by atoms with Gasteiger partial charge in [-0.1, -0.05) is 81.4 Å². The van der Waals surface area contributed by atoms with Crippen LogP contribution >= 0.6 is 0 Å². The molecule has 0 N–H and O–H groups in total. The molecule has 0 aliphatic rings. The van der Waals surface area contributed by atoms with E-state index in [9.17, 15) is 0 Å². The largest absolute Gasteiger partial charge is 0.495 e. The maximum atomic E-state index is 6.13. The van der Waals surface area contributed by atoms with Gasteiger partial charge in [-0.15, -0.1) is 0 Å². The minimum absolute atomic E-state index is 0.110. The second kappa shape index (κ2) is 7.91. The average Bonchev–Trinajstić information content (AvgIpc) is 2.57. The Labute approximate surface area is 153 Å². The first kappa shape index (κ1) is 19.3. The van der Waals surface area contributed by atoms with Crippen molar-refractivity contribution in [2.75, 3.05) is 0 Å². The number of hydrogen-bond acceptors (Lipinski definition) is 1. The molecule has 0 heterocycles. The van der Waals surface area contributed by atoms with E-state index in [4.69, 9.17) is 4.74 Å². The molecule has 134 valence electrons. The number of benzene rings is 2. The summed E-state index contributed by atoms with van der Waals surface area (Å²) in [6, 6.07) is 17.7. The summed E-state index contributed by atoms with van der Waals surface area (Å²) in [7, 11) is 0. The molecule has 2 aromatic carbocycles. The maximum Gasteiger partial charge on any atom is 0.104 e. The zero-order valence-electron chi connectivity index (χ0n) is 16.6. The van der Waals surface area contributed by atoms with Gasteiger partial charge in [-0.25, -0.2) is 0 Å². The average molecular weight is 337 g/mol. The van der Waals surface area contributed by atoms with Crippen molar-refractivity contribution in [1.29, 1.82) is 0 Å². The molecule has 1 heteroatoms. The standard InChI is InChI=1S/C24H32O/c1-8-24(20(7)25-18(4)5,22-13-9-19(6)10-14-22)23-15-11-21(12-16-23)17(2)3/h9-18H,7-8H2,1-6H3. The van der Waals surface area contributed by atoms with E-state index in [2.05, 4.69) is 96.7 Å². The summed E-state index contributed by atoms with van der Waals surface area (Å²) < 4.78 is 6.13. The van der Waals surface area contributed by atoms with Crippen LogP contribution in [-0.4, -0.2) is 6.10 Å². The molecule has 0 saturated carbocycles. The van der Waals surface area contributed by atoms with Crippen LogP contribution < -0.4 is 0 Å². The van der Waals surface area contributed by atoms with Crippen molar-refractivity contribution >= 4 is 0 Å². The van der Waals surface area contributed by atoms with Crippen LogP contribution in [0.15, 0.2) is 60.9 Å². The van der Waals surface area contributed by atoms with Gasteiger partial charge < -0.3 is 4.74 Å². The molecule has 25 heavy (non-hydrogen) atoms. The summed E-state index contributed by atoms with van der Waals surface area (Å²) in [4.78, 5) is 0. The van der Waals surface area contributed by atoms with Crippen LogP contribution in [0.3, 0.4) is 0 Å². The molecule has 0 fully saturated rings. The summed E-state index contributed by atoms with van der Waals surface area (Å²) >= 11 is 0. The Bertz CT molecular complexity index is 692. The highest BCUT2D eigenvalue weighted by atomic mass is 16.5. The van der Waals surface area contributed by atoms with Crippen molar-refractivity contribution in [3.05, 3.63) is 83.1 Å². The molecule has 0 saturated heterocycles. The Hall–Kier alpha value is -2.02. The Morgan fingerprint density at radius 1 is 0.920 bits per heavy atom. The van der Waals surface area contributed by atoms with Gasteiger partial charge in [0, 0.05) is 0 Å². The van der Waals surface area contributed by atoms with Gasteiger partial charge in [-0.05, 0) is 49.8 Å². The number of aryl methyl sites for hydroxylation is 1. The molecule has 0 aliphatic heterocycles. The summed E-state index contributed by atoms with van der Waals surface area (Å²) in [5.41, 5.74) is 4.78. The molecule has 2 rings (SSSR count). The van der Waals surface area contributed by atoms with Crippen molar-refractivity contribution < 1.29 is 4.74 Å². The summed E-state index contributed by atoms with van der Waals surface area (Å²) in [5.74, 6) is 1.35. The lowest BCUT2D eigenvalue weighted by Gasteiger charge is -2.37. The van der Waals surface area contributed by atoms with Crippen molar-refractivity contribution in [3.8, 4) is 0 Å². The van der Waals surface area contributed by atoms with Crippen LogP contribution in [0.4, 0.5) is 0 Å². The van der Waals surface area contributed by atoms with Crippen LogP contribution in [-0.2, 0) is 10.2 Å². The van der Waals surface area contributed by atoms with Crippen molar-refractivity contribution in [2.45, 2.75) is 65.4 Å². The van der Waals surface area contributed by atoms with E-state index in [0.29, 0.717) is 5.92 Å². The summed E-state index contributed by atoms with van der Waals surface area (Å²) in [5, 5.41) is 0. The molecule has 0 aromatic heterocycles. The van der Waals surface area contributed by atoms with Crippen LogP contribution in [0.2, 0.25) is 0 Å². The van der Waals surface area contributed by atoms with E-state index in [1.807, 2.05) is 0 Å². The molecule has 1 atom stereocenters. The topological polar surface area (TPSA) is 9.23 Å². The number of hydrogen-bond donors (Lipinski definition) is 0. The second-order valence-electron chi connectivity index (χ2n) is 7.49. The highest BCUT2D eigenvalue weighted by Crippen LogP contribution is 2.42. The lowest BCUT2D eigenvalue weighted by molar-refractivity contribution is 0.117. The van der Waals surface area contributed by atoms with E-state index < -0.39 is 0 Å². The quantitative estimate of drug-likeness (QED) is 0.508. The Balaban J connectivity index is 2.61. The van der Waals surface area contributed by atoms with Crippen LogP contribution in [0.25, 0.3) is 0 Å². The molecule has 0 spiro atoms. The Morgan fingerprint density at radius 3 is 1.80 bits per heavy atom. The first-order valence-electron chi connectivity index (χ1n) is 9.34. The van der Waals surface area contributed by atoms with Crippen molar-refractivity contribution in [3.63, 3.8) is 0 Å². The minimum atomic E-state index is -0.326. The lowest BCUT2D eigenvalue weighted by atomic mass is 9.70. The monoisotopic (exact) mass is 336 g/mol. The first-order chi connectivity index (χ1) is 11.8. The SMILES string of the molecule is C=C(OC(C)C)C(CC)(c1ccc(C)cc1)c1ccc(C(C)C)cc1. The number of ether oxygens (including phenoxy) is 1. The van der Waals surface area contributed by atoms with E-state index in [0.717, 1.165) is 12.2 Å². The fraction of sp³-hybridized carbons (Fsp3) is 0.417. The molecule has 0 bridgehead atoms. The summed E-state index contributed by atoms with van der Waals surface area (Å²) in [6.07, 6.45) is 1.02. The normalized spacial score (nSPS) is 13.8. The van der Waals surface area contributed by atoms with E-state index in [-0.39, 0.29) is 11.5 Å². The molecule has 2 aromatic rings. The fourth-order valence-corrected chi connectivity index (χ4v) is 3.47. The predicted octanol–water partition coefficient (Wildman–Crippen LogP) is 6.75. The molecule has 1 unspecified atom stereocenters. The van der Waals surface area contributed by atoms with E-state index in [1.54, 1.807) is 0 Å². The zero-order chi connectivity index (χ0) is 18.6. The lowest BCUT2D eigenvalue weighted by Crippen LogP contribution is -2.31. The minimum Gasteiger partial charge on any atom is -0.495 e. The van der Waals surface area contributed by atoms with Gasteiger partial charge in [0.2, 0.25) is 0 Å². The molecular formula is C24H32O. The molecular weight excluding hydrogens is 304 g/mol. The highest BCUT2D eigenvalue weighted by Gasteiger charge is 2.37. The van der Waals surface area contributed by atoms with Gasteiger partial charge in [0.1, 0.15) is 5.76 Å². The van der Waals surface area contributed by atoms with Gasteiger partial charge >= 0.3 is 0 Å². The van der Waals surface area contributed by atoms with E-state index in [1.165, 1.54) is 22.3 Å². The zero-order valence-corrected chi connectivity index (χ0v) is 16.6. The highest BCUT2D eigenvalue weighted by molar-refractivity contribution is 5.47. The van der Waals surface area contributed by atoms with Gasteiger partial charge in [0.15, 0.2) is 0 Å². The van der Waals surface area contributed by atoms with Crippen LogP contribution in [0.5, 0.6) is 0 Å². The fourth-order valence-electron chi connectivity index (χ4n) is 3.47. The predicted molar refractivity (Wildman–Crippen MR) is 108 cm³/mol. The van der Waals surface area contributed by atoms with Gasteiger partial charge in [0.25, 0.3) is 0 Å². The van der Waals surface area contributed by atoms with Gasteiger partial charge in [0.05, 0.1) is 11.5 Å². The van der Waals surface area contributed by atoms with Crippen molar-refractivity contribution in [1.82, 2.24) is 0 Å². The van der Waals surface area contributed by atoms with Crippen LogP contribution in [0.1, 0.15) is 69.2 Å². The third-order valence-corrected chi connectivity index (χ3v) is 5.00. The van der Waals surface area contributed by atoms with Crippen LogP contribution in [0, 0.1) is 6.92 Å². The second-order valence-corrected chi connectivity index (χ2v) is 7.49. The Morgan fingerprint density at radius 2 is 1.40 bits per heavy atom. The Kier molecular flexibility index (Phi) is 6.11. The maximum absolute atomic E-state index is 6.13. The third-order valence-electron chi connectivity index (χ3n) is 5.00. The van der Waals surface area contributed by atoms with E-state index >= 15 is 0 Å².